The Morgan fingerprint density at radius 1 is 1.15 bits per heavy atom. The fraction of sp³-hybridized carbons (Fsp3) is 0.381. The number of pyridine rings is 1. The molecule has 2 aliphatic rings. The summed E-state index contributed by atoms with van der Waals surface area (Å²) in [6.07, 6.45) is 6.42. The predicted molar refractivity (Wildman–Crippen MR) is 95.2 cm³/mol. The molecule has 1 atom stereocenters. The summed E-state index contributed by atoms with van der Waals surface area (Å²) in [5.41, 5.74) is 0.962. The van der Waals surface area contributed by atoms with E-state index in [-0.39, 0.29) is 23.4 Å². The molecule has 26 heavy (non-hydrogen) atoms. The second-order valence-corrected chi connectivity index (χ2v) is 7.29. The quantitative estimate of drug-likeness (QED) is 0.793. The van der Waals surface area contributed by atoms with Gasteiger partial charge in [0, 0.05) is 37.0 Å². The van der Waals surface area contributed by atoms with Crippen LogP contribution >= 0.6 is 0 Å². The fourth-order valence-corrected chi connectivity index (χ4v) is 3.94. The van der Waals surface area contributed by atoms with Crippen LogP contribution in [0.4, 0.5) is 4.39 Å². The molecule has 2 heterocycles. The van der Waals surface area contributed by atoms with Gasteiger partial charge in [-0.05, 0) is 55.5 Å². The maximum Gasteiger partial charge on any atom is 0.233 e. The Kier molecular flexibility index (Phi) is 4.31. The normalized spacial score (nSPS) is 21.3. The first kappa shape index (κ1) is 16.9. The summed E-state index contributed by atoms with van der Waals surface area (Å²) in [6.45, 7) is 1.13. The van der Waals surface area contributed by atoms with Crippen molar-refractivity contribution in [2.24, 2.45) is 5.92 Å². The van der Waals surface area contributed by atoms with Gasteiger partial charge in [-0.2, -0.15) is 0 Å². The molecule has 4 rings (SSSR count). The molecular weight excluding hydrogens is 331 g/mol. The summed E-state index contributed by atoms with van der Waals surface area (Å²) < 4.78 is 13.2. The van der Waals surface area contributed by atoms with E-state index in [1.54, 1.807) is 36.7 Å². The molecule has 0 radical (unpaired) electrons. The Hall–Kier alpha value is -2.56. The molecule has 2 aromatic rings. The first-order valence-electron chi connectivity index (χ1n) is 9.10. The van der Waals surface area contributed by atoms with Crippen molar-refractivity contribution in [1.29, 1.82) is 0 Å². The van der Waals surface area contributed by atoms with Crippen LogP contribution in [0.15, 0.2) is 48.8 Å². The summed E-state index contributed by atoms with van der Waals surface area (Å²) in [5, 5.41) is 0. The molecular formula is C21H21FN2O2. The molecule has 1 aromatic carbocycles. The van der Waals surface area contributed by atoms with E-state index in [4.69, 9.17) is 0 Å². The molecule has 1 aliphatic heterocycles. The number of Topliss-reactive ketones (excluding diaryl/α,β-unsaturated/α-hetero) is 1. The van der Waals surface area contributed by atoms with Crippen molar-refractivity contribution in [3.63, 3.8) is 0 Å². The molecule has 134 valence electrons. The van der Waals surface area contributed by atoms with Crippen molar-refractivity contribution in [1.82, 2.24) is 9.88 Å². The number of hydrogen-bond acceptors (Lipinski definition) is 3. The highest BCUT2D eigenvalue weighted by molar-refractivity contribution is 5.98. The summed E-state index contributed by atoms with van der Waals surface area (Å²) in [5.74, 6) is -0.340. The van der Waals surface area contributed by atoms with E-state index in [1.165, 1.54) is 12.1 Å². The van der Waals surface area contributed by atoms with Gasteiger partial charge in [-0.25, -0.2) is 4.39 Å². The molecule has 1 saturated heterocycles. The topological polar surface area (TPSA) is 50.3 Å². The van der Waals surface area contributed by atoms with E-state index in [2.05, 4.69) is 4.98 Å². The van der Waals surface area contributed by atoms with Crippen molar-refractivity contribution in [2.45, 2.75) is 31.1 Å². The van der Waals surface area contributed by atoms with Crippen LogP contribution in [-0.4, -0.2) is 34.7 Å². The molecule has 1 aliphatic carbocycles. The van der Waals surface area contributed by atoms with Gasteiger partial charge in [-0.1, -0.05) is 12.1 Å². The summed E-state index contributed by atoms with van der Waals surface area (Å²) in [7, 11) is 0. The number of hydrogen-bond donors (Lipinski definition) is 0. The van der Waals surface area contributed by atoms with Gasteiger partial charge in [0.2, 0.25) is 5.91 Å². The third-order valence-corrected chi connectivity index (χ3v) is 5.58. The number of rotatable bonds is 4. The number of ketones is 1. The molecule has 0 N–H and O–H groups in total. The van der Waals surface area contributed by atoms with Crippen molar-refractivity contribution < 1.29 is 14.0 Å². The fourth-order valence-electron chi connectivity index (χ4n) is 3.94. The molecule has 1 amide bonds. The van der Waals surface area contributed by atoms with Crippen molar-refractivity contribution in [3.8, 4) is 0 Å². The maximum absolute atomic E-state index is 13.2. The molecule has 0 spiro atoms. The third-order valence-electron chi connectivity index (χ3n) is 5.58. The zero-order valence-corrected chi connectivity index (χ0v) is 14.5. The number of halogens is 1. The minimum absolute atomic E-state index is 0.0576. The lowest BCUT2D eigenvalue weighted by Gasteiger charge is -2.34. The average molecular weight is 352 g/mol. The number of aromatic nitrogens is 1. The number of benzene rings is 1. The Labute approximate surface area is 152 Å². The highest BCUT2D eigenvalue weighted by atomic mass is 19.1. The van der Waals surface area contributed by atoms with Gasteiger partial charge in [0.25, 0.3) is 0 Å². The van der Waals surface area contributed by atoms with Gasteiger partial charge in [0.1, 0.15) is 5.82 Å². The molecule has 2 fully saturated rings. The molecule has 4 nitrogen and oxygen atoms in total. The first-order valence-corrected chi connectivity index (χ1v) is 9.10. The van der Waals surface area contributed by atoms with E-state index in [1.807, 2.05) is 4.90 Å². The second kappa shape index (κ2) is 6.63. The van der Waals surface area contributed by atoms with Gasteiger partial charge in [0.15, 0.2) is 5.78 Å². The average Bonchev–Trinajstić information content (AvgIpc) is 3.50. The number of carbonyl (C=O) groups is 2. The summed E-state index contributed by atoms with van der Waals surface area (Å²) in [6, 6.07) is 9.77. The van der Waals surface area contributed by atoms with E-state index in [0.29, 0.717) is 18.7 Å². The zero-order valence-electron chi connectivity index (χ0n) is 14.5. The van der Waals surface area contributed by atoms with Crippen LogP contribution in [0.3, 0.4) is 0 Å². The standard InChI is InChI=1S/C21H21FN2O2/c22-18-7-5-17(6-8-18)21(9-10-21)20(26)24-12-2-4-16(14-24)19(25)15-3-1-11-23-13-15/h1,3,5-8,11,13,16H,2,4,9-10,12,14H2/t16-/m1/s1. The molecule has 1 saturated carbocycles. The second-order valence-electron chi connectivity index (χ2n) is 7.29. The van der Waals surface area contributed by atoms with Gasteiger partial charge in [-0.15, -0.1) is 0 Å². The number of likely N-dealkylation sites (tertiary alicyclic amines) is 1. The van der Waals surface area contributed by atoms with Crippen LogP contribution in [0.2, 0.25) is 0 Å². The molecule has 5 heteroatoms. The highest BCUT2D eigenvalue weighted by Crippen LogP contribution is 2.50. The lowest BCUT2D eigenvalue weighted by molar-refractivity contribution is -0.135. The molecule has 0 unspecified atom stereocenters. The van der Waals surface area contributed by atoms with Gasteiger partial charge in [-0.3, -0.25) is 14.6 Å². The van der Waals surface area contributed by atoms with Crippen molar-refractivity contribution in [3.05, 3.63) is 65.7 Å². The smallest absolute Gasteiger partial charge is 0.233 e. The van der Waals surface area contributed by atoms with Gasteiger partial charge < -0.3 is 4.90 Å². The van der Waals surface area contributed by atoms with Gasteiger partial charge in [0.05, 0.1) is 5.41 Å². The Bertz CT molecular complexity index is 816. The van der Waals surface area contributed by atoms with E-state index >= 15 is 0 Å². The van der Waals surface area contributed by atoms with Gasteiger partial charge >= 0.3 is 0 Å². The van der Waals surface area contributed by atoms with Crippen LogP contribution in [0.1, 0.15) is 41.6 Å². The Balaban J connectivity index is 1.50. The van der Waals surface area contributed by atoms with E-state index in [9.17, 15) is 14.0 Å². The van der Waals surface area contributed by atoms with Crippen LogP contribution in [0, 0.1) is 11.7 Å². The largest absolute Gasteiger partial charge is 0.341 e. The lowest BCUT2D eigenvalue weighted by Crippen LogP contribution is -2.46. The Morgan fingerprint density at radius 2 is 1.92 bits per heavy atom. The van der Waals surface area contributed by atoms with E-state index < -0.39 is 5.41 Å². The van der Waals surface area contributed by atoms with Crippen LogP contribution < -0.4 is 0 Å². The first-order chi connectivity index (χ1) is 12.6. The lowest BCUT2D eigenvalue weighted by atomic mass is 9.88. The molecule has 0 bridgehead atoms. The number of piperidine rings is 1. The van der Waals surface area contributed by atoms with Crippen LogP contribution in [-0.2, 0) is 10.2 Å². The monoisotopic (exact) mass is 352 g/mol. The van der Waals surface area contributed by atoms with E-state index in [0.717, 1.165) is 31.2 Å². The minimum atomic E-state index is -0.521. The summed E-state index contributed by atoms with van der Waals surface area (Å²) >= 11 is 0. The Morgan fingerprint density at radius 3 is 2.58 bits per heavy atom. The highest BCUT2D eigenvalue weighted by Gasteiger charge is 2.53. The number of nitrogens with zero attached hydrogens (tertiary/aromatic N) is 2. The van der Waals surface area contributed by atoms with Crippen LogP contribution in [0.25, 0.3) is 0 Å². The third kappa shape index (κ3) is 3.02. The summed E-state index contributed by atoms with van der Waals surface area (Å²) in [4.78, 5) is 31.8. The number of amides is 1. The van der Waals surface area contributed by atoms with Crippen molar-refractivity contribution in [2.75, 3.05) is 13.1 Å². The molecule has 1 aromatic heterocycles. The maximum atomic E-state index is 13.2. The number of carbonyl (C=O) groups excluding carboxylic acids is 2. The zero-order chi connectivity index (χ0) is 18.1. The van der Waals surface area contributed by atoms with Crippen LogP contribution in [0.5, 0.6) is 0 Å². The predicted octanol–water partition coefficient (Wildman–Crippen LogP) is 3.37. The minimum Gasteiger partial charge on any atom is -0.341 e. The SMILES string of the molecule is O=C(c1cccnc1)[C@@H]1CCCN(C(=O)C2(c3ccc(F)cc3)CC2)C1. The van der Waals surface area contributed by atoms with Crippen molar-refractivity contribution >= 4 is 11.7 Å².